The van der Waals surface area contributed by atoms with E-state index in [1.165, 1.54) is 24.3 Å². The first-order valence-electron chi connectivity index (χ1n) is 16.1. The van der Waals surface area contributed by atoms with Crippen molar-refractivity contribution in [3.05, 3.63) is 107 Å². The molecule has 0 aliphatic rings. The molecule has 55 heavy (non-hydrogen) atoms. The number of ether oxygens (including phenoxy) is 2. The van der Waals surface area contributed by atoms with Crippen molar-refractivity contribution in [2.45, 2.75) is 6.42 Å². The number of nitrogens with one attached hydrogen (secondary N) is 2. The topological polar surface area (TPSA) is 238 Å². The monoisotopic (exact) mass is 754 g/mol. The Morgan fingerprint density at radius 3 is 1.38 bits per heavy atom. The van der Waals surface area contributed by atoms with Crippen molar-refractivity contribution < 1.29 is 47.6 Å². The Morgan fingerprint density at radius 1 is 0.636 bits per heavy atom. The summed E-state index contributed by atoms with van der Waals surface area (Å²) in [5.41, 5.74) is 0.172. The van der Waals surface area contributed by atoms with Gasteiger partial charge in [-0.15, -0.1) is 20.4 Å². The molecule has 0 fully saturated rings. The third-order valence-corrected chi connectivity index (χ3v) is 7.87. The van der Waals surface area contributed by atoms with E-state index in [4.69, 9.17) is 9.47 Å². The van der Waals surface area contributed by atoms with Crippen LogP contribution in [0, 0.1) is 11.6 Å². The molecule has 2 aromatic carbocycles. The van der Waals surface area contributed by atoms with Gasteiger partial charge in [0, 0.05) is 45.0 Å². The molecule has 0 atom stereocenters. The minimum Gasteiger partial charge on any atom is -0.490 e. The second-order valence-corrected chi connectivity index (χ2v) is 11.5. The van der Waals surface area contributed by atoms with Gasteiger partial charge in [-0.25, -0.2) is 18.4 Å². The Kier molecular flexibility index (Phi) is 10.8. The number of nitrogens with zero attached hydrogens (tertiary/aromatic N) is 8. The highest BCUT2D eigenvalue weighted by molar-refractivity contribution is 6.08. The normalized spacial score (nSPS) is 10.8. The Labute approximate surface area is 308 Å². The zero-order chi connectivity index (χ0) is 39.2. The molecule has 6 aromatic rings. The van der Waals surface area contributed by atoms with Crippen molar-refractivity contribution in [3.8, 4) is 34.3 Å². The number of aryl methyl sites for hydroxylation is 2. The first-order valence-corrected chi connectivity index (χ1v) is 16.1. The Morgan fingerprint density at radius 2 is 1.05 bits per heavy atom. The number of hydrogen-bond acceptors (Lipinski definition) is 12. The number of hydrogen-bond donors (Lipinski definition) is 4. The van der Waals surface area contributed by atoms with Crippen molar-refractivity contribution in [2.24, 2.45) is 14.1 Å². The predicted molar refractivity (Wildman–Crippen MR) is 187 cm³/mol. The number of rotatable bonds is 14. The van der Waals surface area contributed by atoms with E-state index in [1.54, 1.807) is 48.0 Å². The zero-order valence-corrected chi connectivity index (χ0v) is 28.7. The quantitative estimate of drug-likeness (QED) is 0.115. The SMILES string of the molecule is Cn1nccc1-c1ccc(C(=O)Nc2cc(OCCCOc3cc(NC(=O)c4ccc(-c5ccnn5C)nn4)c(C(=O)O)cc3F)c(F)cc2C(=O)O)nn1. The van der Waals surface area contributed by atoms with Crippen LogP contribution >= 0.6 is 0 Å². The molecule has 0 radical (unpaired) electrons. The van der Waals surface area contributed by atoms with Gasteiger partial charge in [0.05, 0.1) is 47.1 Å². The van der Waals surface area contributed by atoms with E-state index in [2.05, 4.69) is 41.2 Å². The predicted octanol–water partition coefficient (Wildman–Crippen LogP) is 4.09. The van der Waals surface area contributed by atoms with Gasteiger partial charge in [0.25, 0.3) is 11.8 Å². The molecule has 0 saturated heterocycles. The van der Waals surface area contributed by atoms with E-state index >= 15 is 0 Å². The van der Waals surface area contributed by atoms with Gasteiger partial charge in [0.15, 0.2) is 34.5 Å². The van der Waals surface area contributed by atoms with Crippen LogP contribution in [0.25, 0.3) is 22.8 Å². The molecule has 280 valence electrons. The van der Waals surface area contributed by atoms with Gasteiger partial charge in [-0.1, -0.05) is 0 Å². The van der Waals surface area contributed by atoms with Gasteiger partial charge in [-0.3, -0.25) is 19.0 Å². The van der Waals surface area contributed by atoms with E-state index in [0.717, 1.165) is 12.1 Å². The van der Waals surface area contributed by atoms with Crippen molar-refractivity contribution >= 4 is 35.1 Å². The number of aromatic carboxylic acids is 2. The van der Waals surface area contributed by atoms with Crippen molar-refractivity contribution in [3.63, 3.8) is 0 Å². The molecule has 4 N–H and O–H groups in total. The largest absolute Gasteiger partial charge is 0.490 e. The summed E-state index contributed by atoms with van der Waals surface area (Å²) in [5, 5.41) is 47.9. The standard InChI is InChI=1S/C35H28F2N10O8/c1-46-28(8-10-38-46)22-4-6-24(44-42-22)32(48)40-26-16-30(20(36)14-18(26)34(50)51)54-12-3-13-55-31-17-27(19(35(52)53)15-21(31)37)41-33(49)25-7-5-23(43-45-25)29-9-11-39-47(29)2/h4-11,14-17H,3,12-13H2,1-2H3,(H,40,48)(H,41,49)(H,50,51)(H,52,53). The number of carbonyl (C=O) groups excluding carboxylic acids is 2. The van der Waals surface area contributed by atoms with Crippen LogP contribution in [0.2, 0.25) is 0 Å². The van der Waals surface area contributed by atoms with Gasteiger partial charge in [-0.2, -0.15) is 10.2 Å². The number of carboxylic acid groups (broad SMARTS) is 2. The summed E-state index contributed by atoms with van der Waals surface area (Å²) < 4.78 is 43.8. The van der Waals surface area contributed by atoms with E-state index < -0.39 is 58.0 Å². The lowest BCUT2D eigenvalue weighted by molar-refractivity contribution is 0.0686. The molecule has 0 bridgehead atoms. The van der Waals surface area contributed by atoms with Crippen LogP contribution in [0.4, 0.5) is 20.2 Å². The van der Waals surface area contributed by atoms with Crippen LogP contribution in [0.1, 0.15) is 48.1 Å². The fraction of sp³-hybridized carbons (Fsp3) is 0.143. The van der Waals surface area contributed by atoms with Gasteiger partial charge >= 0.3 is 11.9 Å². The summed E-state index contributed by atoms with van der Waals surface area (Å²) >= 11 is 0. The lowest BCUT2D eigenvalue weighted by atomic mass is 10.1. The molecule has 4 heterocycles. The molecule has 2 amide bonds. The lowest BCUT2D eigenvalue weighted by Crippen LogP contribution is -2.18. The summed E-state index contributed by atoms with van der Waals surface area (Å²) in [7, 11) is 3.41. The van der Waals surface area contributed by atoms with Gasteiger partial charge < -0.3 is 30.3 Å². The number of carbonyl (C=O) groups is 4. The van der Waals surface area contributed by atoms with Crippen molar-refractivity contribution in [1.29, 1.82) is 0 Å². The van der Waals surface area contributed by atoms with E-state index in [9.17, 15) is 38.2 Å². The minimum atomic E-state index is -1.52. The Hall–Kier alpha value is -7.64. The third-order valence-electron chi connectivity index (χ3n) is 7.87. The average Bonchev–Trinajstić information content (AvgIpc) is 3.80. The molecule has 0 aliphatic carbocycles. The molecule has 0 unspecified atom stereocenters. The Balaban J connectivity index is 1.08. The third kappa shape index (κ3) is 8.38. The van der Waals surface area contributed by atoms with Crippen LogP contribution in [0.3, 0.4) is 0 Å². The molecule has 6 rings (SSSR count). The lowest BCUT2D eigenvalue weighted by Gasteiger charge is -2.14. The maximum Gasteiger partial charge on any atom is 0.337 e. The number of carboxylic acids is 2. The number of amides is 2. The van der Waals surface area contributed by atoms with Crippen LogP contribution < -0.4 is 20.1 Å². The molecular formula is C35H28F2N10O8. The second kappa shape index (κ2) is 15.9. The summed E-state index contributed by atoms with van der Waals surface area (Å²) in [5.74, 6) is -7.58. The second-order valence-electron chi connectivity index (χ2n) is 11.5. The van der Waals surface area contributed by atoms with Crippen LogP contribution in [-0.4, -0.2) is 87.1 Å². The Bertz CT molecular complexity index is 2250. The number of anilines is 2. The highest BCUT2D eigenvalue weighted by Crippen LogP contribution is 2.29. The van der Waals surface area contributed by atoms with E-state index in [1.807, 2.05) is 0 Å². The molecule has 0 saturated carbocycles. The minimum absolute atomic E-state index is 0.0286. The highest BCUT2D eigenvalue weighted by Gasteiger charge is 2.22. The van der Waals surface area contributed by atoms with E-state index in [-0.39, 0.29) is 42.4 Å². The highest BCUT2D eigenvalue weighted by atomic mass is 19.1. The summed E-state index contributed by atoms with van der Waals surface area (Å²) in [6.45, 7) is -0.437. The molecule has 0 spiro atoms. The van der Waals surface area contributed by atoms with Gasteiger partial charge in [0.2, 0.25) is 0 Å². The fourth-order valence-electron chi connectivity index (χ4n) is 5.11. The van der Waals surface area contributed by atoms with Gasteiger partial charge in [-0.05, 0) is 48.5 Å². The molecule has 20 heteroatoms. The molecule has 0 aliphatic heterocycles. The van der Waals surface area contributed by atoms with Crippen LogP contribution in [0.5, 0.6) is 11.5 Å². The summed E-state index contributed by atoms with van der Waals surface area (Å²) in [6.07, 6.45) is 3.16. The van der Waals surface area contributed by atoms with Gasteiger partial charge in [0.1, 0.15) is 11.4 Å². The first kappa shape index (κ1) is 37.1. The first-order chi connectivity index (χ1) is 26.4. The molecule has 4 aromatic heterocycles. The smallest absolute Gasteiger partial charge is 0.337 e. The number of benzene rings is 2. The van der Waals surface area contributed by atoms with E-state index in [0.29, 0.717) is 34.9 Å². The average molecular weight is 755 g/mol. The van der Waals surface area contributed by atoms with Crippen LogP contribution in [0.15, 0.2) is 73.1 Å². The fourth-order valence-corrected chi connectivity index (χ4v) is 5.11. The number of aromatic nitrogens is 8. The zero-order valence-electron chi connectivity index (χ0n) is 28.7. The summed E-state index contributed by atoms with van der Waals surface area (Å²) in [4.78, 5) is 49.5. The maximum atomic E-state index is 14.9. The van der Waals surface area contributed by atoms with Crippen molar-refractivity contribution in [2.75, 3.05) is 23.8 Å². The summed E-state index contributed by atoms with van der Waals surface area (Å²) in [6, 6.07) is 12.5. The number of halogens is 2. The van der Waals surface area contributed by atoms with Crippen molar-refractivity contribution in [1.82, 2.24) is 40.0 Å². The van der Waals surface area contributed by atoms with Crippen LogP contribution in [-0.2, 0) is 14.1 Å². The molecule has 18 nitrogen and oxygen atoms in total. The molecular weight excluding hydrogens is 726 g/mol. The maximum absolute atomic E-state index is 14.9.